The zero-order valence-corrected chi connectivity index (χ0v) is 21.2. The van der Waals surface area contributed by atoms with Crippen molar-refractivity contribution < 1.29 is 4.74 Å². The second-order valence-corrected chi connectivity index (χ2v) is 7.47. The molecule has 2 aromatic rings. The molecule has 0 saturated carbocycles. The first kappa shape index (κ1) is 25.1. The molecule has 9 heteroatoms. The number of ether oxygens (including phenoxy) is 1. The minimum atomic E-state index is 0. The van der Waals surface area contributed by atoms with Gasteiger partial charge in [-0.05, 0) is 44.8 Å². The van der Waals surface area contributed by atoms with Gasteiger partial charge in [-0.25, -0.2) is 9.97 Å². The fraction of sp³-hybridized carbons (Fsp3) is 0.500. The van der Waals surface area contributed by atoms with Crippen molar-refractivity contribution in [1.29, 1.82) is 0 Å². The lowest BCUT2D eigenvalue weighted by atomic mass is 10.1. The number of aromatic nitrogens is 2. The average molecular weight is 539 g/mol. The molecule has 0 amide bonds. The van der Waals surface area contributed by atoms with Gasteiger partial charge in [-0.15, -0.1) is 24.0 Å². The molecule has 3 rings (SSSR count). The third kappa shape index (κ3) is 6.93. The van der Waals surface area contributed by atoms with E-state index in [9.17, 15) is 0 Å². The van der Waals surface area contributed by atoms with Gasteiger partial charge in [-0.1, -0.05) is 12.1 Å². The van der Waals surface area contributed by atoms with Gasteiger partial charge in [0.1, 0.15) is 5.75 Å². The molecule has 31 heavy (non-hydrogen) atoms. The second-order valence-electron chi connectivity index (χ2n) is 7.47. The molecule has 1 atom stereocenters. The summed E-state index contributed by atoms with van der Waals surface area (Å²) >= 11 is 0. The fourth-order valence-electron chi connectivity index (χ4n) is 3.59. The summed E-state index contributed by atoms with van der Waals surface area (Å²) in [7, 11) is 5.88. The summed E-state index contributed by atoms with van der Waals surface area (Å²) in [5, 5.41) is 3.46. The molecule has 2 heterocycles. The third-order valence-corrected chi connectivity index (χ3v) is 5.26. The first-order valence-corrected chi connectivity index (χ1v) is 10.5. The molecule has 1 N–H and O–H groups in total. The van der Waals surface area contributed by atoms with E-state index in [-0.39, 0.29) is 30.0 Å². The first-order chi connectivity index (χ1) is 14.6. The largest absolute Gasteiger partial charge is 0.497 e. The van der Waals surface area contributed by atoms with Crippen molar-refractivity contribution in [3.8, 4) is 5.75 Å². The van der Waals surface area contributed by atoms with Crippen molar-refractivity contribution in [3.63, 3.8) is 0 Å². The van der Waals surface area contributed by atoms with E-state index in [0.29, 0.717) is 6.54 Å². The Hall–Kier alpha value is -2.14. The van der Waals surface area contributed by atoms with E-state index in [1.54, 1.807) is 19.5 Å². The van der Waals surface area contributed by atoms with Crippen LogP contribution in [0.15, 0.2) is 47.7 Å². The molecular formula is C22H34IN7O. The van der Waals surface area contributed by atoms with Crippen LogP contribution in [0.2, 0.25) is 0 Å². The van der Waals surface area contributed by atoms with Gasteiger partial charge in [0, 0.05) is 45.1 Å². The number of rotatable bonds is 7. The Bertz CT molecular complexity index is 811. The topological polar surface area (TPSA) is 69.1 Å². The van der Waals surface area contributed by atoms with E-state index in [1.165, 1.54) is 5.56 Å². The van der Waals surface area contributed by atoms with Crippen LogP contribution in [0.4, 0.5) is 5.95 Å². The first-order valence-electron chi connectivity index (χ1n) is 10.5. The van der Waals surface area contributed by atoms with Gasteiger partial charge >= 0.3 is 0 Å². The number of anilines is 1. The van der Waals surface area contributed by atoms with Gasteiger partial charge < -0.3 is 24.8 Å². The van der Waals surface area contributed by atoms with Crippen LogP contribution in [-0.4, -0.2) is 86.2 Å². The summed E-state index contributed by atoms with van der Waals surface area (Å²) < 4.78 is 5.40. The molecule has 1 aliphatic heterocycles. The number of guanidine groups is 1. The van der Waals surface area contributed by atoms with E-state index < -0.39 is 0 Å². The van der Waals surface area contributed by atoms with Crippen molar-refractivity contribution >= 4 is 35.9 Å². The number of nitrogens with one attached hydrogen (secondary N) is 1. The molecule has 1 saturated heterocycles. The maximum Gasteiger partial charge on any atom is 0.225 e. The Morgan fingerprint density at radius 2 is 1.87 bits per heavy atom. The highest BCUT2D eigenvalue weighted by molar-refractivity contribution is 14.0. The van der Waals surface area contributed by atoms with E-state index >= 15 is 0 Å². The smallest absolute Gasteiger partial charge is 0.225 e. The summed E-state index contributed by atoms with van der Waals surface area (Å²) in [4.78, 5) is 20.5. The molecule has 0 aliphatic carbocycles. The highest BCUT2D eigenvalue weighted by Crippen LogP contribution is 2.23. The number of nitrogens with zero attached hydrogens (tertiary/aromatic N) is 6. The summed E-state index contributed by atoms with van der Waals surface area (Å²) in [6.07, 6.45) is 3.58. The standard InChI is InChI=1S/C22H33N7O.HI/c1-5-23-21(28-12-14-29(15-13-28)22-24-10-7-11-25-22)26-17-20(27(2)3)18-8-6-9-19(16-18)30-4;/h6-11,16,20H,5,12-15,17H2,1-4H3,(H,23,26);1H. The van der Waals surface area contributed by atoms with Crippen molar-refractivity contribution in [1.82, 2.24) is 25.1 Å². The van der Waals surface area contributed by atoms with E-state index in [2.05, 4.69) is 63.1 Å². The summed E-state index contributed by atoms with van der Waals surface area (Å²) in [5.41, 5.74) is 1.20. The fourth-order valence-corrected chi connectivity index (χ4v) is 3.59. The van der Waals surface area contributed by atoms with Crippen LogP contribution >= 0.6 is 24.0 Å². The van der Waals surface area contributed by atoms with Gasteiger partial charge in [-0.2, -0.15) is 0 Å². The Labute approximate surface area is 202 Å². The molecule has 170 valence electrons. The molecule has 8 nitrogen and oxygen atoms in total. The molecule has 1 aromatic heterocycles. The Balaban J connectivity index is 0.00000341. The van der Waals surface area contributed by atoms with Crippen LogP contribution in [0.5, 0.6) is 5.75 Å². The number of benzene rings is 1. The maximum atomic E-state index is 5.40. The summed E-state index contributed by atoms with van der Waals surface area (Å²) in [5.74, 6) is 2.63. The molecule has 1 fully saturated rings. The van der Waals surface area contributed by atoms with Crippen molar-refractivity contribution in [2.75, 3.05) is 65.4 Å². The van der Waals surface area contributed by atoms with Crippen LogP contribution in [0.3, 0.4) is 0 Å². The normalized spacial score (nSPS) is 15.5. The van der Waals surface area contributed by atoms with Crippen LogP contribution < -0.4 is 15.0 Å². The van der Waals surface area contributed by atoms with E-state index in [0.717, 1.165) is 50.4 Å². The number of hydrogen-bond acceptors (Lipinski definition) is 6. The predicted octanol–water partition coefficient (Wildman–Crippen LogP) is 2.49. The molecule has 1 aromatic carbocycles. The number of likely N-dealkylation sites (N-methyl/N-ethyl adjacent to an activating group) is 1. The predicted molar refractivity (Wildman–Crippen MR) is 137 cm³/mol. The number of piperazine rings is 1. The maximum absolute atomic E-state index is 5.40. The lowest BCUT2D eigenvalue weighted by Crippen LogP contribution is -2.53. The molecule has 0 radical (unpaired) electrons. The third-order valence-electron chi connectivity index (χ3n) is 5.26. The van der Waals surface area contributed by atoms with E-state index in [1.807, 2.05) is 18.2 Å². The Morgan fingerprint density at radius 1 is 1.16 bits per heavy atom. The van der Waals surface area contributed by atoms with Gasteiger partial charge in [0.2, 0.25) is 5.95 Å². The zero-order chi connectivity index (χ0) is 21.3. The Morgan fingerprint density at radius 3 is 2.48 bits per heavy atom. The molecule has 1 unspecified atom stereocenters. The molecule has 1 aliphatic rings. The van der Waals surface area contributed by atoms with Gasteiger partial charge in [0.15, 0.2) is 5.96 Å². The number of hydrogen-bond donors (Lipinski definition) is 1. The SMILES string of the molecule is CCNC(=NCC(c1cccc(OC)c1)N(C)C)N1CCN(c2ncccn2)CC1.I. The number of methoxy groups -OCH3 is 1. The van der Waals surface area contributed by atoms with Gasteiger partial charge in [0.05, 0.1) is 19.7 Å². The van der Waals surface area contributed by atoms with Crippen LogP contribution in [0.1, 0.15) is 18.5 Å². The highest BCUT2D eigenvalue weighted by atomic mass is 127. The minimum absolute atomic E-state index is 0. The highest BCUT2D eigenvalue weighted by Gasteiger charge is 2.22. The quantitative estimate of drug-likeness (QED) is 0.330. The van der Waals surface area contributed by atoms with E-state index in [4.69, 9.17) is 9.73 Å². The lowest BCUT2D eigenvalue weighted by Gasteiger charge is -2.36. The van der Waals surface area contributed by atoms with Gasteiger partial charge in [-0.3, -0.25) is 4.99 Å². The van der Waals surface area contributed by atoms with Crippen LogP contribution in [-0.2, 0) is 0 Å². The summed E-state index contributed by atoms with van der Waals surface area (Å²) in [6.45, 7) is 7.14. The van der Waals surface area contributed by atoms with Crippen molar-refractivity contribution in [2.24, 2.45) is 4.99 Å². The molecular weight excluding hydrogens is 505 g/mol. The monoisotopic (exact) mass is 539 g/mol. The summed E-state index contributed by atoms with van der Waals surface area (Å²) in [6, 6.07) is 10.2. The van der Waals surface area contributed by atoms with Crippen molar-refractivity contribution in [2.45, 2.75) is 13.0 Å². The number of aliphatic imine (C=N–C) groups is 1. The van der Waals surface area contributed by atoms with Crippen LogP contribution in [0.25, 0.3) is 0 Å². The zero-order valence-electron chi connectivity index (χ0n) is 18.9. The van der Waals surface area contributed by atoms with Gasteiger partial charge in [0.25, 0.3) is 0 Å². The number of halogens is 1. The van der Waals surface area contributed by atoms with Crippen LogP contribution in [0, 0.1) is 0 Å². The Kier molecular flexibility index (Phi) is 10.3. The molecule has 0 bridgehead atoms. The minimum Gasteiger partial charge on any atom is -0.497 e. The second kappa shape index (κ2) is 12.7. The average Bonchev–Trinajstić information content (AvgIpc) is 2.79. The molecule has 0 spiro atoms. The lowest BCUT2D eigenvalue weighted by molar-refractivity contribution is 0.302. The van der Waals surface area contributed by atoms with Crippen molar-refractivity contribution in [3.05, 3.63) is 48.3 Å².